The van der Waals surface area contributed by atoms with Gasteiger partial charge in [-0.25, -0.2) is 8.78 Å². The van der Waals surface area contributed by atoms with Gasteiger partial charge >= 0.3 is 6.43 Å². The summed E-state index contributed by atoms with van der Waals surface area (Å²) in [6.45, 7) is 5.19. The second kappa shape index (κ2) is 9.34. The van der Waals surface area contributed by atoms with Crippen molar-refractivity contribution >= 4 is 23.0 Å². The molecule has 37 heavy (non-hydrogen) atoms. The molecule has 0 saturated carbocycles. The largest absolute Gasteiger partial charge is 0.415 e. The number of thiocarbonyl (C=S) groups is 1. The molecular formula is C25H23F4N5O2S. The fourth-order valence-corrected chi connectivity index (χ4v) is 5.41. The first-order chi connectivity index (χ1) is 17.8. The van der Waals surface area contributed by atoms with E-state index in [1.165, 1.54) is 24.3 Å². The molecule has 3 fully saturated rings. The molecule has 1 spiro atoms. The molecule has 6 rings (SSSR count). The summed E-state index contributed by atoms with van der Waals surface area (Å²) in [5.74, 6) is -2.06. The Hall–Kier alpha value is -3.09. The molecule has 4 heterocycles. The predicted octanol–water partition coefficient (Wildman–Crippen LogP) is 4.26. The van der Waals surface area contributed by atoms with Gasteiger partial charge < -0.3 is 19.0 Å². The average Bonchev–Trinajstić information content (AvgIpc) is 3.28. The number of hydrogen-bond acceptors (Lipinski definition) is 6. The van der Waals surface area contributed by atoms with Gasteiger partial charge in [0.15, 0.2) is 5.11 Å². The Morgan fingerprint density at radius 3 is 2.49 bits per heavy atom. The van der Waals surface area contributed by atoms with E-state index < -0.39 is 24.0 Å². The van der Waals surface area contributed by atoms with Gasteiger partial charge in [0.2, 0.25) is 5.89 Å². The van der Waals surface area contributed by atoms with E-state index in [1.54, 1.807) is 17.0 Å². The first kappa shape index (κ1) is 24.3. The van der Waals surface area contributed by atoms with E-state index in [-0.39, 0.29) is 23.4 Å². The van der Waals surface area contributed by atoms with Crippen LogP contribution in [-0.2, 0) is 11.3 Å². The van der Waals surface area contributed by atoms with Crippen LogP contribution in [0.4, 0.5) is 23.2 Å². The van der Waals surface area contributed by atoms with Crippen molar-refractivity contribution in [1.82, 2.24) is 20.0 Å². The molecule has 0 aliphatic carbocycles. The molecule has 194 valence electrons. The molecule has 3 aliphatic heterocycles. The molecular weight excluding hydrogens is 510 g/mol. The highest BCUT2D eigenvalue weighted by molar-refractivity contribution is 7.80. The Labute approximate surface area is 215 Å². The summed E-state index contributed by atoms with van der Waals surface area (Å²) in [7, 11) is 0. The maximum absolute atomic E-state index is 15.2. The van der Waals surface area contributed by atoms with Gasteiger partial charge in [0.25, 0.3) is 5.89 Å². The van der Waals surface area contributed by atoms with Crippen molar-refractivity contribution in [2.24, 2.45) is 5.41 Å². The zero-order valence-electron chi connectivity index (χ0n) is 19.6. The lowest BCUT2D eigenvalue weighted by atomic mass is 9.72. The number of rotatable bonds is 6. The van der Waals surface area contributed by atoms with Crippen molar-refractivity contribution in [1.29, 1.82) is 0 Å². The molecule has 2 aromatic carbocycles. The molecule has 0 radical (unpaired) electrons. The number of aromatic nitrogens is 2. The predicted molar refractivity (Wildman–Crippen MR) is 130 cm³/mol. The Morgan fingerprint density at radius 1 is 1.08 bits per heavy atom. The number of alkyl halides is 2. The molecule has 0 amide bonds. The molecule has 0 atom stereocenters. The van der Waals surface area contributed by atoms with E-state index in [0.29, 0.717) is 22.4 Å². The molecule has 3 saturated heterocycles. The van der Waals surface area contributed by atoms with Crippen molar-refractivity contribution in [3.05, 3.63) is 65.6 Å². The zero-order chi connectivity index (χ0) is 25.7. The van der Waals surface area contributed by atoms with Gasteiger partial charge in [-0.1, -0.05) is 12.1 Å². The summed E-state index contributed by atoms with van der Waals surface area (Å²) < 4.78 is 65.0. The minimum atomic E-state index is -2.91. The van der Waals surface area contributed by atoms with E-state index in [0.717, 1.165) is 45.5 Å². The minimum absolute atomic E-state index is 0.0511. The van der Waals surface area contributed by atoms with Crippen molar-refractivity contribution in [2.45, 2.75) is 19.0 Å². The maximum Gasteiger partial charge on any atom is 0.314 e. The van der Waals surface area contributed by atoms with Crippen LogP contribution in [0.5, 0.6) is 0 Å². The van der Waals surface area contributed by atoms with Gasteiger partial charge in [0, 0.05) is 48.4 Å². The van der Waals surface area contributed by atoms with Crippen LogP contribution >= 0.6 is 12.2 Å². The first-order valence-electron chi connectivity index (χ1n) is 11.8. The standard InChI is InChI=1S/C25H23F4N5O2S/c26-17-2-1-3-18(7-17)34(24(37)33-13-25(14-33)11-32(12-25)19-9-35-10-19)8-16-5-4-15(6-20(16)27)22-30-31-23(36-22)21(28)29/h1-7,19,21H,8-14H2. The van der Waals surface area contributed by atoms with E-state index in [9.17, 15) is 13.2 Å². The summed E-state index contributed by atoms with van der Waals surface area (Å²) in [6.07, 6.45) is -2.91. The number of benzene rings is 2. The number of nitrogens with zero attached hydrogens (tertiary/aromatic N) is 5. The van der Waals surface area contributed by atoms with Crippen LogP contribution in [0.25, 0.3) is 11.5 Å². The Bertz CT molecular complexity index is 1320. The third-order valence-electron chi connectivity index (χ3n) is 7.14. The number of hydrogen-bond donors (Lipinski definition) is 0. The van der Waals surface area contributed by atoms with Gasteiger partial charge in [-0.3, -0.25) is 4.90 Å². The van der Waals surface area contributed by atoms with Crippen LogP contribution in [0.3, 0.4) is 0 Å². The highest BCUT2D eigenvalue weighted by atomic mass is 32.1. The Balaban J connectivity index is 1.19. The van der Waals surface area contributed by atoms with Gasteiger partial charge in [-0.05, 0) is 42.5 Å². The maximum atomic E-state index is 15.2. The molecule has 0 unspecified atom stereocenters. The topological polar surface area (TPSA) is 57.9 Å². The van der Waals surface area contributed by atoms with Crippen molar-refractivity contribution in [3.63, 3.8) is 0 Å². The number of likely N-dealkylation sites (tertiary alicyclic amines) is 2. The van der Waals surface area contributed by atoms with Crippen LogP contribution in [0, 0.1) is 17.0 Å². The summed E-state index contributed by atoms with van der Waals surface area (Å²) in [6, 6.07) is 10.7. The second-order valence-corrected chi connectivity index (χ2v) is 10.2. The number of halogens is 4. The van der Waals surface area contributed by atoms with Gasteiger partial charge in [-0.15, -0.1) is 10.2 Å². The quantitative estimate of drug-likeness (QED) is 0.344. The van der Waals surface area contributed by atoms with E-state index >= 15 is 4.39 Å². The third kappa shape index (κ3) is 4.57. The lowest BCUT2D eigenvalue weighted by Gasteiger charge is -2.63. The van der Waals surface area contributed by atoms with Crippen LogP contribution in [0.2, 0.25) is 0 Å². The van der Waals surface area contributed by atoms with Gasteiger partial charge in [0.05, 0.1) is 25.8 Å². The smallest absolute Gasteiger partial charge is 0.314 e. The summed E-state index contributed by atoms with van der Waals surface area (Å²) in [4.78, 5) is 6.20. The summed E-state index contributed by atoms with van der Waals surface area (Å²) in [5, 5.41) is 7.34. The fraction of sp³-hybridized carbons (Fsp3) is 0.400. The number of anilines is 1. The molecule has 3 aromatic rings. The molecule has 1 aromatic heterocycles. The highest BCUT2D eigenvalue weighted by Crippen LogP contribution is 2.42. The minimum Gasteiger partial charge on any atom is -0.415 e. The molecule has 0 N–H and O–H groups in total. The van der Waals surface area contributed by atoms with Gasteiger partial charge in [-0.2, -0.15) is 8.78 Å². The molecule has 7 nitrogen and oxygen atoms in total. The van der Waals surface area contributed by atoms with Crippen molar-refractivity contribution < 1.29 is 26.7 Å². The van der Waals surface area contributed by atoms with Gasteiger partial charge in [0.1, 0.15) is 11.6 Å². The van der Waals surface area contributed by atoms with Crippen molar-refractivity contribution in [3.8, 4) is 11.5 Å². The molecule has 0 bridgehead atoms. The van der Waals surface area contributed by atoms with Crippen LogP contribution in [0.1, 0.15) is 17.9 Å². The zero-order valence-corrected chi connectivity index (χ0v) is 20.4. The second-order valence-electron chi connectivity index (χ2n) is 9.85. The van der Waals surface area contributed by atoms with Crippen LogP contribution in [0.15, 0.2) is 46.9 Å². The molecule has 3 aliphatic rings. The van der Waals surface area contributed by atoms with E-state index in [1.807, 2.05) is 0 Å². The van der Waals surface area contributed by atoms with E-state index in [4.69, 9.17) is 21.4 Å². The highest BCUT2D eigenvalue weighted by Gasteiger charge is 2.55. The van der Waals surface area contributed by atoms with E-state index in [2.05, 4.69) is 20.0 Å². The Morgan fingerprint density at radius 2 is 1.86 bits per heavy atom. The van der Waals surface area contributed by atoms with Crippen LogP contribution in [-0.4, -0.2) is 70.5 Å². The average molecular weight is 534 g/mol. The fourth-order valence-electron chi connectivity index (χ4n) is 5.11. The van der Waals surface area contributed by atoms with Crippen molar-refractivity contribution in [2.75, 3.05) is 44.3 Å². The molecule has 12 heteroatoms. The summed E-state index contributed by atoms with van der Waals surface area (Å²) in [5.41, 5.74) is 1.17. The number of ether oxygens (including phenoxy) is 1. The monoisotopic (exact) mass is 533 g/mol. The Kier molecular flexibility index (Phi) is 6.12. The lowest BCUT2D eigenvalue weighted by Crippen LogP contribution is -2.76. The van der Waals surface area contributed by atoms with Crippen LogP contribution < -0.4 is 4.90 Å². The lowest BCUT2D eigenvalue weighted by molar-refractivity contribution is -0.162. The third-order valence-corrected chi connectivity index (χ3v) is 7.62. The SMILES string of the molecule is Fc1cccc(N(Cc2ccc(-c3nnc(C(F)F)o3)cc2F)C(=S)N2CC3(C2)CN(C2COC2)C3)c1. The first-order valence-corrected chi connectivity index (χ1v) is 12.3. The normalized spacial score (nSPS) is 19.0. The summed E-state index contributed by atoms with van der Waals surface area (Å²) >= 11 is 5.80.